The van der Waals surface area contributed by atoms with Gasteiger partial charge in [-0.15, -0.1) is 10.2 Å². The maximum absolute atomic E-state index is 5.49. The van der Waals surface area contributed by atoms with Gasteiger partial charge in [-0.3, -0.25) is 4.57 Å². The highest BCUT2D eigenvalue weighted by Gasteiger charge is 2.21. The zero-order valence-electron chi connectivity index (χ0n) is 7.46. The third-order valence-corrected chi connectivity index (χ3v) is 2.40. The highest BCUT2D eigenvalue weighted by atomic mass is 32.1. The average molecular weight is 222 g/mol. The minimum absolute atomic E-state index is 0.443. The van der Waals surface area contributed by atoms with Crippen LogP contribution >= 0.6 is 11.5 Å². The molecule has 7 nitrogen and oxygen atoms in total. The SMILES string of the molecule is C1=NC(n2cnnc2)ON1c1ccsn1. The summed E-state index contributed by atoms with van der Waals surface area (Å²) < 4.78 is 5.78. The molecular weight excluding hydrogens is 216 g/mol. The predicted octanol–water partition coefficient (Wildman–Crippen LogP) is 0.671. The Labute approximate surface area is 88.8 Å². The molecule has 0 amide bonds. The van der Waals surface area contributed by atoms with Gasteiger partial charge in [0.25, 0.3) is 6.35 Å². The number of hydroxylamine groups is 1. The molecule has 1 unspecified atom stereocenters. The molecule has 0 radical (unpaired) electrons. The van der Waals surface area contributed by atoms with Crippen molar-refractivity contribution in [2.45, 2.75) is 6.35 Å². The Morgan fingerprint density at radius 3 is 2.93 bits per heavy atom. The fraction of sp³-hybridized carbons (Fsp3) is 0.143. The number of aromatic nitrogens is 4. The summed E-state index contributed by atoms with van der Waals surface area (Å²) in [5.74, 6) is 0.722. The predicted molar refractivity (Wildman–Crippen MR) is 53.2 cm³/mol. The Bertz CT molecular complexity index is 410. The molecule has 8 heteroatoms. The van der Waals surface area contributed by atoms with Crippen LogP contribution in [0.25, 0.3) is 0 Å². The first kappa shape index (κ1) is 8.50. The van der Waals surface area contributed by atoms with Crippen LogP contribution in [-0.4, -0.2) is 25.5 Å². The molecule has 76 valence electrons. The van der Waals surface area contributed by atoms with E-state index in [1.807, 2.05) is 11.4 Å². The molecule has 0 spiro atoms. The molecule has 0 bridgehead atoms. The van der Waals surface area contributed by atoms with Gasteiger partial charge < -0.3 is 0 Å². The molecule has 1 aliphatic heterocycles. The first-order valence-corrected chi connectivity index (χ1v) is 5.01. The molecule has 3 heterocycles. The topological polar surface area (TPSA) is 68.4 Å². The number of hydrogen-bond donors (Lipinski definition) is 0. The number of nitrogens with zero attached hydrogens (tertiary/aromatic N) is 6. The molecule has 1 atom stereocenters. The Morgan fingerprint density at radius 2 is 2.20 bits per heavy atom. The van der Waals surface area contributed by atoms with Crippen LogP contribution in [0.2, 0.25) is 0 Å². The molecule has 0 saturated heterocycles. The van der Waals surface area contributed by atoms with Crippen molar-refractivity contribution in [3.8, 4) is 0 Å². The second kappa shape index (κ2) is 3.41. The van der Waals surface area contributed by atoms with Gasteiger partial charge >= 0.3 is 0 Å². The molecule has 0 saturated carbocycles. The van der Waals surface area contributed by atoms with Gasteiger partial charge in [0, 0.05) is 5.38 Å². The Kier molecular flexibility index (Phi) is 1.93. The first-order chi connectivity index (χ1) is 7.43. The summed E-state index contributed by atoms with van der Waals surface area (Å²) in [5, 5.41) is 10.8. The first-order valence-electron chi connectivity index (χ1n) is 4.17. The maximum Gasteiger partial charge on any atom is 0.259 e. The van der Waals surface area contributed by atoms with E-state index in [1.54, 1.807) is 23.6 Å². The van der Waals surface area contributed by atoms with Crippen LogP contribution in [0.5, 0.6) is 0 Å². The Morgan fingerprint density at radius 1 is 1.33 bits per heavy atom. The van der Waals surface area contributed by atoms with Crippen LogP contribution in [-0.2, 0) is 4.84 Å². The van der Waals surface area contributed by atoms with E-state index in [0.29, 0.717) is 0 Å². The van der Waals surface area contributed by atoms with Crippen LogP contribution in [0.4, 0.5) is 5.82 Å². The zero-order chi connectivity index (χ0) is 10.1. The third-order valence-electron chi connectivity index (χ3n) is 1.85. The van der Waals surface area contributed by atoms with Crippen molar-refractivity contribution in [2.24, 2.45) is 4.99 Å². The van der Waals surface area contributed by atoms with Crippen LogP contribution in [0.3, 0.4) is 0 Å². The van der Waals surface area contributed by atoms with E-state index in [9.17, 15) is 0 Å². The van der Waals surface area contributed by atoms with Gasteiger partial charge in [0.05, 0.1) is 0 Å². The van der Waals surface area contributed by atoms with E-state index in [0.717, 1.165) is 5.82 Å². The van der Waals surface area contributed by atoms with Gasteiger partial charge in [0.15, 0.2) is 5.82 Å². The van der Waals surface area contributed by atoms with Crippen LogP contribution in [0.15, 0.2) is 29.1 Å². The quantitative estimate of drug-likeness (QED) is 0.747. The monoisotopic (exact) mass is 222 g/mol. The third kappa shape index (κ3) is 1.49. The van der Waals surface area contributed by atoms with Crippen molar-refractivity contribution >= 4 is 23.7 Å². The average Bonchev–Trinajstić information content (AvgIpc) is 3.02. The second-order valence-electron chi connectivity index (χ2n) is 2.79. The molecule has 0 aromatic carbocycles. The summed E-state index contributed by atoms with van der Waals surface area (Å²) in [6.07, 6.45) is 4.24. The van der Waals surface area contributed by atoms with Crippen LogP contribution < -0.4 is 5.06 Å². The summed E-state index contributed by atoms with van der Waals surface area (Å²) in [5.41, 5.74) is 0. The van der Waals surface area contributed by atoms with Crippen LogP contribution in [0, 0.1) is 0 Å². The number of hydrogen-bond acceptors (Lipinski definition) is 7. The Balaban J connectivity index is 1.78. The van der Waals surface area contributed by atoms with Crippen molar-refractivity contribution in [3.63, 3.8) is 0 Å². The summed E-state index contributed by atoms with van der Waals surface area (Å²) in [4.78, 5) is 9.63. The van der Waals surface area contributed by atoms with E-state index >= 15 is 0 Å². The van der Waals surface area contributed by atoms with E-state index in [4.69, 9.17) is 4.84 Å². The summed E-state index contributed by atoms with van der Waals surface area (Å²) >= 11 is 1.36. The summed E-state index contributed by atoms with van der Waals surface area (Å²) in [6.45, 7) is 0. The normalized spacial score (nSPS) is 20.0. The van der Waals surface area contributed by atoms with Crippen molar-refractivity contribution in [1.82, 2.24) is 19.1 Å². The number of anilines is 1. The summed E-state index contributed by atoms with van der Waals surface area (Å²) in [6, 6.07) is 1.85. The van der Waals surface area contributed by atoms with E-state index in [1.165, 1.54) is 16.6 Å². The number of aliphatic imine (C=N–C) groups is 1. The van der Waals surface area contributed by atoms with Crippen molar-refractivity contribution in [2.75, 3.05) is 5.06 Å². The fourth-order valence-electron chi connectivity index (χ4n) is 1.16. The molecule has 0 fully saturated rings. The Hall–Kier alpha value is -1.80. The lowest BCUT2D eigenvalue weighted by Crippen LogP contribution is -2.18. The minimum atomic E-state index is -0.443. The zero-order valence-corrected chi connectivity index (χ0v) is 8.28. The molecular formula is C7H6N6OS. The van der Waals surface area contributed by atoms with Gasteiger partial charge in [0.1, 0.15) is 19.0 Å². The standard InChI is InChI=1S/C7H6N6OS/c1-2-15-11-6(1)13-3-8-7(14-13)12-4-9-10-5-12/h1-5,7H. The van der Waals surface area contributed by atoms with Crippen LogP contribution in [0.1, 0.15) is 6.35 Å². The van der Waals surface area contributed by atoms with Crippen molar-refractivity contribution < 1.29 is 4.84 Å². The second-order valence-corrected chi connectivity index (χ2v) is 3.45. The highest BCUT2D eigenvalue weighted by Crippen LogP contribution is 2.22. The largest absolute Gasteiger partial charge is 0.272 e. The minimum Gasteiger partial charge on any atom is -0.272 e. The molecule has 0 aliphatic carbocycles. The smallest absolute Gasteiger partial charge is 0.259 e. The van der Waals surface area contributed by atoms with Crippen molar-refractivity contribution in [3.05, 3.63) is 24.1 Å². The van der Waals surface area contributed by atoms with Gasteiger partial charge in [-0.25, -0.2) is 9.83 Å². The van der Waals surface area contributed by atoms with E-state index in [-0.39, 0.29) is 0 Å². The van der Waals surface area contributed by atoms with Gasteiger partial charge in [-0.05, 0) is 17.6 Å². The van der Waals surface area contributed by atoms with Gasteiger partial charge in [-0.2, -0.15) is 9.44 Å². The molecule has 3 rings (SSSR count). The molecule has 1 aliphatic rings. The summed E-state index contributed by atoms with van der Waals surface area (Å²) in [7, 11) is 0. The number of rotatable bonds is 2. The molecule has 0 N–H and O–H groups in total. The maximum atomic E-state index is 5.49. The van der Waals surface area contributed by atoms with E-state index in [2.05, 4.69) is 19.6 Å². The highest BCUT2D eigenvalue weighted by molar-refractivity contribution is 7.03. The molecule has 2 aromatic heterocycles. The fourth-order valence-corrected chi connectivity index (χ4v) is 1.65. The van der Waals surface area contributed by atoms with Crippen molar-refractivity contribution in [1.29, 1.82) is 0 Å². The van der Waals surface area contributed by atoms with Gasteiger partial charge in [-0.1, -0.05) is 0 Å². The van der Waals surface area contributed by atoms with Gasteiger partial charge in [0.2, 0.25) is 0 Å². The molecule has 2 aromatic rings. The van der Waals surface area contributed by atoms with E-state index < -0.39 is 6.35 Å². The lowest BCUT2D eigenvalue weighted by molar-refractivity contribution is 0.0335. The lowest BCUT2D eigenvalue weighted by Gasteiger charge is -2.12. The lowest BCUT2D eigenvalue weighted by atomic mass is 10.6. The molecule has 15 heavy (non-hydrogen) atoms.